The van der Waals surface area contributed by atoms with Crippen LogP contribution in [-0.2, 0) is 14.8 Å². The van der Waals surface area contributed by atoms with E-state index in [0.29, 0.717) is 24.3 Å². The SMILES string of the molecule is Cc1ccc(NC(=O)C(C)n2cccn2)cc1S(=O)(=O)N1CCCCCC1. The first-order chi connectivity index (χ1) is 12.9. The molecule has 1 unspecified atom stereocenters. The van der Waals surface area contributed by atoms with Crippen LogP contribution >= 0.6 is 0 Å². The lowest BCUT2D eigenvalue weighted by molar-refractivity contribution is -0.119. The van der Waals surface area contributed by atoms with E-state index in [-0.39, 0.29) is 10.8 Å². The number of hydrogen-bond donors (Lipinski definition) is 1. The van der Waals surface area contributed by atoms with Crippen molar-refractivity contribution in [3.8, 4) is 0 Å². The van der Waals surface area contributed by atoms with Gasteiger partial charge in [0.2, 0.25) is 15.9 Å². The van der Waals surface area contributed by atoms with Gasteiger partial charge in [-0.2, -0.15) is 9.40 Å². The van der Waals surface area contributed by atoms with Gasteiger partial charge in [0.15, 0.2) is 0 Å². The Kier molecular flexibility index (Phi) is 5.96. The molecule has 1 saturated heterocycles. The van der Waals surface area contributed by atoms with Crippen molar-refractivity contribution in [2.24, 2.45) is 0 Å². The Hall–Kier alpha value is -2.19. The predicted octanol–water partition coefficient (Wildman–Crippen LogP) is 2.96. The topological polar surface area (TPSA) is 84.3 Å². The first kappa shape index (κ1) is 19.6. The highest BCUT2D eigenvalue weighted by Crippen LogP contribution is 2.26. The summed E-state index contributed by atoms with van der Waals surface area (Å²) in [5, 5.41) is 6.88. The molecule has 2 heterocycles. The van der Waals surface area contributed by atoms with Crippen molar-refractivity contribution < 1.29 is 13.2 Å². The number of nitrogens with one attached hydrogen (secondary N) is 1. The molecular formula is C19H26N4O3S. The van der Waals surface area contributed by atoms with Crippen LogP contribution in [0.1, 0.15) is 44.2 Å². The summed E-state index contributed by atoms with van der Waals surface area (Å²) in [5.41, 5.74) is 1.15. The van der Waals surface area contributed by atoms with Gasteiger partial charge in [0.05, 0.1) is 4.90 Å². The van der Waals surface area contributed by atoms with E-state index in [1.54, 1.807) is 59.5 Å². The molecule has 146 valence electrons. The molecule has 1 N–H and O–H groups in total. The summed E-state index contributed by atoms with van der Waals surface area (Å²) < 4.78 is 29.4. The Morgan fingerprint density at radius 3 is 2.52 bits per heavy atom. The maximum absolute atomic E-state index is 13.1. The van der Waals surface area contributed by atoms with Gasteiger partial charge in [0.25, 0.3) is 0 Å². The molecule has 0 radical (unpaired) electrons. The van der Waals surface area contributed by atoms with Crippen LogP contribution < -0.4 is 5.32 Å². The minimum atomic E-state index is -3.57. The fourth-order valence-electron chi connectivity index (χ4n) is 3.25. The van der Waals surface area contributed by atoms with E-state index in [4.69, 9.17) is 0 Å². The van der Waals surface area contributed by atoms with Crippen LogP contribution in [0.2, 0.25) is 0 Å². The number of benzene rings is 1. The second kappa shape index (κ2) is 8.22. The molecule has 0 aliphatic carbocycles. The van der Waals surface area contributed by atoms with Crippen LogP contribution in [0, 0.1) is 6.92 Å². The Balaban J connectivity index is 1.82. The van der Waals surface area contributed by atoms with E-state index < -0.39 is 16.1 Å². The van der Waals surface area contributed by atoms with Crippen LogP contribution in [0.3, 0.4) is 0 Å². The lowest BCUT2D eigenvalue weighted by Crippen LogP contribution is -2.32. The smallest absolute Gasteiger partial charge is 0.248 e. The molecule has 1 aromatic heterocycles. The Morgan fingerprint density at radius 2 is 1.89 bits per heavy atom. The molecule has 0 saturated carbocycles. The highest BCUT2D eigenvalue weighted by atomic mass is 32.2. The van der Waals surface area contributed by atoms with Gasteiger partial charge >= 0.3 is 0 Å². The lowest BCUT2D eigenvalue weighted by atomic mass is 10.2. The molecule has 0 bridgehead atoms. The minimum Gasteiger partial charge on any atom is -0.324 e. The molecule has 1 fully saturated rings. The second-order valence-electron chi connectivity index (χ2n) is 6.95. The first-order valence-corrected chi connectivity index (χ1v) is 10.7. The molecule has 7 nitrogen and oxygen atoms in total. The normalized spacial score (nSPS) is 17.3. The lowest BCUT2D eigenvalue weighted by Gasteiger charge is -2.22. The van der Waals surface area contributed by atoms with Crippen molar-refractivity contribution in [1.29, 1.82) is 0 Å². The van der Waals surface area contributed by atoms with Crippen molar-refractivity contribution in [1.82, 2.24) is 14.1 Å². The molecule has 1 aromatic carbocycles. The molecule has 1 atom stereocenters. The highest BCUT2D eigenvalue weighted by Gasteiger charge is 2.27. The fraction of sp³-hybridized carbons (Fsp3) is 0.474. The Bertz CT molecular complexity index is 886. The summed E-state index contributed by atoms with van der Waals surface area (Å²) in [6.45, 7) is 4.62. The van der Waals surface area contributed by atoms with Gasteiger partial charge in [-0.25, -0.2) is 8.42 Å². The summed E-state index contributed by atoms with van der Waals surface area (Å²) >= 11 is 0. The van der Waals surface area contributed by atoms with Crippen LogP contribution in [0.4, 0.5) is 5.69 Å². The van der Waals surface area contributed by atoms with Crippen LogP contribution in [0.25, 0.3) is 0 Å². The van der Waals surface area contributed by atoms with Crippen molar-refractivity contribution >= 4 is 21.6 Å². The number of carbonyl (C=O) groups excluding carboxylic acids is 1. The highest BCUT2D eigenvalue weighted by molar-refractivity contribution is 7.89. The number of carbonyl (C=O) groups is 1. The van der Waals surface area contributed by atoms with Crippen molar-refractivity contribution in [2.75, 3.05) is 18.4 Å². The molecule has 8 heteroatoms. The molecule has 2 aromatic rings. The molecule has 27 heavy (non-hydrogen) atoms. The van der Waals surface area contributed by atoms with E-state index in [9.17, 15) is 13.2 Å². The van der Waals surface area contributed by atoms with E-state index in [2.05, 4.69) is 10.4 Å². The molecule has 1 amide bonds. The average Bonchev–Trinajstić information content (AvgIpc) is 3.03. The summed E-state index contributed by atoms with van der Waals surface area (Å²) in [6, 6.07) is 6.28. The zero-order valence-electron chi connectivity index (χ0n) is 15.8. The average molecular weight is 391 g/mol. The number of nitrogens with zero attached hydrogens (tertiary/aromatic N) is 3. The fourth-order valence-corrected chi connectivity index (χ4v) is 5.02. The Morgan fingerprint density at radius 1 is 1.19 bits per heavy atom. The summed E-state index contributed by atoms with van der Waals surface area (Å²) in [7, 11) is -3.57. The molecule has 1 aliphatic rings. The van der Waals surface area contributed by atoms with E-state index in [1.165, 1.54) is 0 Å². The monoisotopic (exact) mass is 390 g/mol. The van der Waals surface area contributed by atoms with Gasteiger partial charge < -0.3 is 5.32 Å². The third kappa shape index (κ3) is 4.39. The molecule has 1 aliphatic heterocycles. The van der Waals surface area contributed by atoms with Gasteiger partial charge in [-0.15, -0.1) is 0 Å². The number of sulfonamides is 1. The number of amides is 1. The quantitative estimate of drug-likeness (QED) is 0.851. The van der Waals surface area contributed by atoms with Gasteiger partial charge in [0, 0.05) is 31.2 Å². The van der Waals surface area contributed by atoms with Gasteiger partial charge in [-0.1, -0.05) is 18.9 Å². The number of rotatable bonds is 5. The number of aryl methyl sites for hydroxylation is 1. The molecule has 3 rings (SSSR count). The summed E-state index contributed by atoms with van der Waals surface area (Å²) in [4.78, 5) is 12.7. The third-order valence-electron chi connectivity index (χ3n) is 4.94. The largest absolute Gasteiger partial charge is 0.324 e. The summed E-state index contributed by atoms with van der Waals surface area (Å²) in [6.07, 6.45) is 7.22. The number of hydrogen-bond acceptors (Lipinski definition) is 4. The predicted molar refractivity (Wildman–Crippen MR) is 104 cm³/mol. The third-order valence-corrected chi connectivity index (χ3v) is 6.98. The van der Waals surface area contributed by atoms with Gasteiger partial charge in [-0.05, 0) is 50.5 Å². The molecule has 0 spiro atoms. The number of anilines is 1. The standard InChI is InChI=1S/C19H26N4O3S/c1-15-8-9-17(21-19(24)16(2)23-13-7-10-20-23)14-18(15)27(25,26)22-11-5-3-4-6-12-22/h7-10,13-14,16H,3-6,11-12H2,1-2H3,(H,21,24). The van der Waals surface area contributed by atoms with Crippen molar-refractivity contribution in [3.05, 3.63) is 42.2 Å². The van der Waals surface area contributed by atoms with Gasteiger partial charge in [0.1, 0.15) is 6.04 Å². The Labute approximate surface area is 160 Å². The zero-order chi connectivity index (χ0) is 19.4. The summed E-state index contributed by atoms with van der Waals surface area (Å²) in [5.74, 6) is -0.249. The minimum absolute atomic E-state index is 0.249. The molecular weight excluding hydrogens is 364 g/mol. The van der Waals surface area contributed by atoms with E-state index in [1.807, 2.05) is 0 Å². The maximum Gasteiger partial charge on any atom is 0.248 e. The zero-order valence-corrected chi connectivity index (χ0v) is 16.6. The maximum atomic E-state index is 13.1. The van der Waals surface area contributed by atoms with Crippen LogP contribution in [-0.4, -0.2) is 41.5 Å². The van der Waals surface area contributed by atoms with Crippen LogP contribution in [0.15, 0.2) is 41.6 Å². The van der Waals surface area contributed by atoms with Crippen molar-refractivity contribution in [2.45, 2.75) is 50.5 Å². The van der Waals surface area contributed by atoms with E-state index in [0.717, 1.165) is 25.7 Å². The van der Waals surface area contributed by atoms with Gasteiger partial charge in [-0.3, -0.25) is 9.48 Å². The first-order valence-electron chi connectivity index (χ1n) is 9.30. The second-order valence-corrected chi connectivity index (χ2v) is 8.86. The number of aromatic nitrogens is 2. The van der Waals surface area contributed by atoms with E-state index >= 15 is 0 Å². The van der Waals surface area contributed by atoms with Crippen molar-refractivity contribution in [3.63, 3.8) is 0 Å². The van der Waals surface area contributed by atoms with Crippen LogP contribution in [0.5, 0.6) is 0 Å².